The first-order valence-electron chi connectivity index (χ1n) is 6.01. The molecule has 1 aliphatic heterocycles. The Kier molecular flexibility index (Phi) is 4.04. The Morgan fingerprint density at radius 1 is 1.53 bits per heavy atom. The summed E-state index contributed by atoms with van der Waals surface area (Å²) in [5, 5.41) is 0. The molecule has 7 nitrogen and oxygen atoms in total. The van der Waals surface area contributed by atoms with E-state index in [1.165, 1.54) is 18.3 Å². The van der Waals surface area contributed by atoms with Crippen LogP contribution in [-0.4, -0.2) is 32.2 Å². The van der Waals surface area contributed by atoms with E-state index in [4.69, 9.17) is 10.6 Å². The highest BCUT2D eigenvalue weighted by atomic mass is 32.2. The molecule has 4 N–H and O–H groups in total. The first kappa shape index (κ1) is 14.2. The highest BCUT2D eigenvalue weighted by molar-refractivity contribution is 7.89. The fourth-order valence-corrected chi connectivity index (χ4v) is 3.03. The summed E-state index contributed by atoms with van der Waals surface area (Å²) >= 11 is 0. The zero-order chi connectivity index (χ0) is 13.9. The molecule has 1 saturated heterocycles. The number of hydrogen-bond acceptors (Lipinski definition) is 6. The summed E-state index contributed by atoms with van der Waals surface area (Å²) in [5.74, 6) is 5.58. The molecule has 0 bridgehead atoms. The summed E-state index contributed by atoms with van der Waals surface area (Å²) < 4.78 is 32.2. The summed E-state index contributed by atoms with van der Waals surface area (Å²) in [6.07, 6.45) is 3.07. The molecule has 1 aromatic rings. The van der Waals surface area contributed by atoms with Gasteiger partial charge < -0.3 is 10.2 Å². The second-order valence-corrected chi connectivity index (χ2v) is 6.52. The van der Waals surface area contributed by atoms with E-state index in [0.717, 1.165) is 12.8 Å². The van der Waals surface area contributed by atoms with Crippen molar-refractivity contribution < 1.29 is 13.2 Å². The van der Waals surface area contributed by atoms with Crippen LogP contribution in [0.15, 0.2) is 23.2 Å². The van der Waals surface area contributed by atoms with Crippen molar-refractivity contribution in [3.05, 3.63) is 18.3 Å². The molecule has 0 saturated carbocycles. The Morgan fingerprint density at radius 2 is 2.32 bits per heavy atom. The van der Waals surface area contributed by atoms with Crippen LogP contribution in [-0.2, 0) is 14.8 Å². The predicted octanol–water partition coefficient (Wildman–Crippen LogP) is 0.215. The van der Waals surface area contributed by atoms with Crippen LogP contribution in [0.3, 0.4) is 0 Å². The van der Waals surface area contributed by atoms with Crippen molar-refractivity contribution in [2.24, 2.45) is 5.84 Å². The van der Waals surface area contributed by atoms with Gasteiger partial charge in [-0.15, -0.1) is 0 Å². The first-order chi connectivity index (χ1) is 8.95. The SMILES string of the molecule is CC1(CNS(=O)(=O)c2ccc(NN)nc2)CCCO1. The maximum absolute atomic E-state index is 12.1. The quantitative estimate of drug-likeness (QED) is 0.528. The van der Waals surface area contributed by atoms with Gasteiger partial charge in [0.15, 0.2) is 0 Å². The topological polar surface area (TPSA) is 106 Å². The predicted molar refractivity (Wildman–Crippen MR) is 70.8 cm³/mol. The zero-order valence-corrected chi connectivity index (χ0v) is 11.5. The molecule has 0 aliphatic carbocycles. The van der Waals surface area contributed by atoms with Gasteiger partial charge in [-0.3, -0.25) is 0 Å². The van der Waals surface area contributed by atoms with Gasteiger partial charge >= 0.3 is 0 Å². The van der Waals surface area contributed by atoms with Crippen LogP contribution in [0, 0.1) is 0 Å². The normalized spacial score (nSPS) is 23.5. The molecule has 1 unspecified atom stereocenters. The van der Waals surface area contributed by atoms with E-state index in [1.54, 1.807) is 0 Å². The van der Waals surface area contributed by atoms with Crippen molar-refractivity contribution >= 4 is 15.8 Å². The van der Waals surface area contributed by atoms with Gasteiger partial charge in [-0.05, 0) is 31.9 Å². The fourth-order valence-electron chi connectivity index (χ4n) is 1.93. The number of hydrogen-bond donors (Lipinski definition) is 3. The number of nitrogens with two attached hydrogens (primary N) is 1. The fraction of sp³-hybridized carbons (Fsp3) is 0.545. The molecule has 0 aromatic carbocycles. The van der Waals surface area contributed by atoms with Crippen molar-refractivity contribution in [1.82, 2.24) is 9.71 Å². The molecule has 1 atom stereocenters. The lowest BCUT2D eigenvalue weighted by Gasteiger charge is -2.23. The van der Waals surface area contributed by atoms with Gasteiger partial charge in [0.05, 0.1) is 5.60 Å². The first-order valence-corrected chi connectivity index (χ1v) is 7.50. The number of rotatable bonds is 5. The number of ether oxygens (including phenoxy) is 1. The van der Waals surface area contributed by atoms with E-state index in [1.807, 2.05) is 6.92 Å². The van der Waals surface area contributed by atoms with Crippen molar-refractivity contribution in [3.8, 4) is 0 Å². The van der Waals surface area contributed by atoms with Crippen molar-refractivity contribution in [3.63, 3.8) is 0 Å². The number of anilines is 1. The lowest BCUT2D eigenvalue weighted by atomic mass is 10.0. The summed E-state index contributed by atoms with van der Waals surface area (Å²) in [7, 11) is -3.57. The molecule has 8 heteroatoms. The molecular weight excluding hydrogens is 268 g/mol. The van der Waals surface area contributed by atoms with Crippen molar-refractivity contribution in [2.75, 3.05) is 18.6 Å². The third kappa shape index (κ3) is 3.41. The monoisotopic (exact) mass is 286 g/mol. The molecule has 1 aromatic heterocycles. The van der Waals surface area contributed by atoms with Crippen LogP contribution in [0.2, 0.25) is 0 Å². The number of hydrazine groups is 1. The molecule has 2 heterocycles. The van der Waals surface area contributed by atoms with Gasteiger partial charge in [-0.2, -0.15) is 0 Å². The van der Waals surface area contributed by atoms with Gasteiger partial charge in [0.2, 0.25) is 10.0 Å². The summed E-state index contributed by atoms with van der Waals surface area (Å²) in [4.78, 5) is 3.98. The second-order valence-electron chi connectivity index (χ2n) is 4.75. The van der Waals surface area contributed by atoms with E-state index >= 15 is 0 Å². The maximum Gasteiger partial charge on any atom is 0.242 e. The van der Waals surface area contributed by atoms with Gasteiger partial charge in [-0.25, -0.2) is 24.0 Å². The van der Waals surface area contributed by atoms with Crippen LogP contribution < -0.4 is 16.0 Å². The molecule has 1 aliphatic rings. The van der Waals surface area contributed by atoms with E-state index in [9.17, 15) is 8.42 Å². The number of sulfonamides is 1. The van der Waals surface area contributed by atoms with Crippen LogP contribution >= 0.6 is 0 Å². The minimum atomic E-state index is -3.57. The van der Waals surface area contributed by atoms with Crippen LogP contribution in [0.5, 0.6) is 0 Å². The Labute approximate surface area is 112 Å². The van der Waals surface area contributed by atoms with Crippen LogP contribution in [0.1, 0.15) is 19.8 Å². The van der Waals surface area contributed by atoms with Gasteiger partial charge in [-0.1, -0.05) is 0 Å². The Balaban J connectivity index is 2.05. The molecule has 19 heavy (non-hydrogen) atoms. The van der Waals surface area contributed by atoms with Crippen LogP contribution in [0.25, 0.3) is 0 Å². The van der Waals surface area contributed by atoms with Crippen LogP contribution in [0.4, 0.5) is 5.82 Å². The molecule has 0 spiro atoms. The number of aromatic nitrogens is 1. The third-order valence-corrected chi connectivity index (χ3v) is 4.52. The molecule has 2 rings (SSSR count). The van der Waals surface area contributed by atoms with Gasteiger partial charge in [0, 0.05) is 19.3 Å². The highest BCUT2D eigenvalue weighted by Gasteiger charge is 2.31. The van der Waals surface area contributed by atoms with Crippen molar-refractivity contribution in [2.45, 2.75) is 30.3 Å². The summed E-state index contributed by atoms with van der Waals surface area (Å²) in [5.41, 5.74) is 1.92. The minimum Gasteiger partial charge on any atom is -0.374 e. The van der Waals surface area contributed by atoms with Gasteiger partial charge in [0.25, 0.3) is 0 Å². The maximum atomic E-state index is 12.1. The number of nitrogens with zero attached hydrogens (tertiary/aromatic N) is 1. The molecule has 0 radical (unpaired) electrons. The Morgan fingerprint density at radius 3 is 2.84 bits per heavy atom. The highest BCUT2D eigenvalue weighted by Crippen LogP contribution is 2.24. The number of nitrogen functional groups attached to an aromatic ring is 1. The average Bonchev–Trinajstić information content (AvgIpc) is 2.84. The lowest BCUT2D eigenvalue weighted by molar-refractivity contribution is 0.0250. The van der Waals surface area contributed by atoms with E-state index in [2.05, 4.69) is 15.1 Å². The lowest BCUT2D eigenvalue weighted by Crippen LogP contribution is -2.40. The third-order valence-electron chi connectivity index (χ3n) is 3.13. The Hall–Kier alpha value is -1.22. The second kappa shape index (κ2) is 5.41. The average molecular weight is 286 g/mol. The van der Waals surface area contributed by atoms with E-state index in [-0.39, 0.29) is 11.4 Å². The summed E-state index contributed by atoms with van der Waals surface area (Å²) in [6, 6.07) is 2.95. The smallest absolute Gasteiger partial charge is 0.242 e. The molecule has 0 amide bonds. The van der Waals surface area contributed by atoms with E-state index in [0.29, 0.717) is 12.4 Å². The number of pyridine rings is 1. The Bertz CT molecular complexity index is 523. The summed E-state index contributed by atoms with van der Waals surface area (Å²) in [6.45, 7) is 2.84. The van der Waals surface area contributed by atoms with Gasteiger partial charge in [0.1, 0.15) is 10.7 Å². The molecule has 1 fully saturated rings. The van der Waals surface area contributed by atoms with Crippen molar-refractivity contribution in [1.29, 1.82) is 0 Å². The standard InChI is InChI=1S/C11H18N4O3S/c1-11(5-2-6-18-11)8-14-19(16,17)9-3-4-10(15-12)13-7-9/h3-4,7,14H,2,5-6,8,12H2,1H3,(H,13,15). The number of nitrogens with one attached hydrogen (secondary N) is 2. The molecular formula is C11H18N4O3S. The minimum absolute atomic E-state index is 0.105. The molecule has 106 valence electrons. The zero-order valence-electron chi connectivity index (χ0n) is 10.7. The van der Waals surface area contributed by atoms with E-state index < -0.39 is 15.6 Å². The largest absolute Gasteiger partial charge is 0.374 e.